The van der Waals surface area contributed by atoms with E-state index in [1.165, 1.54) is 135 Å². The average Bonchev–Trinajstić information content (AvgIpc) is 3.29. The van der Waals surface area contributed by atoms with Gasteiger partial charge in [0.15, 0.2) is 6.10 Å². The molecule has 0 fully saturated rings. The molecule has 0 aromatic carbocycles. The normalized spacial score (nSPS) is 12.6. The zero-order valence-electron chi connectivity index (χ0n) is 42.0. The van der Waals surface area contributed by atoms with Crippen LogP contribution in [0.3, 0.4) is 0 Å². The van der Waals surface area contributed by atoms with E-state index in [1.807, 2.05) is 36.5 Å². The second kappa shape index (κ2) is 52.5. The van der Waals surface area contributed by atoms with Crippen molar-refractivity contribution in [3.8, 4) is 0 Å². The Morgan fingerprint density at radius 3 is 1.02 bits per heavy atom. The van der Waals surface area contributed by atoms with E-state index in [9.17, 15) is 14.4 Å². The summed E-state index contributed by atoms with van der Waals surface area (Å²) < 4.78 is 16.8. The fourth-order valence-corrected chi connectivity index (χ4v) is 7.44. The van der Waals surface area contributed by atoms with Crippen molar-refractivity contribution in [3.05, 3.63) is 72.9 Å². The van der Waals surface area contributed by atoms with Crippen LogP contribution in [0.2, 0.25) is 0 Å². The second-order valence-electron chi connectivity index (χ2n) is 17.8. The number of carbonyl (C=O) groups is 3. The van der Waals surface area contributed by atoms with Gasteiger partial charge in [0.2, 0.25) is 0 Å². The summed E-state index contributed by atoms with van der Waals surface area (Å²) in [5, 5.41) is 0. The first-order valence-corrected chi connectivity index (χ1v) is 27.0. The molecule has 1 atom stereocenters. The molecule has 0 amide bonds. The fourth-order valence-electron chi connectivity index (χ4n) is 7.44. The summed E-state index contributed by atoms with van der Waals surface area (Å²) in [6, 6.07) is 0. The molecule has 0 aromatic rings. The summed E-state index contributed by atoms with van der Waals surface area (Å²) in [6.45, 7) is 6.45. The fraction of sp³-hybridized carbons (Fsp3) is 0.741. The van der Waals surface area contributed by atoms with Crippen molar-refractivity contribution in [2.45, 2.75) is 264 Å². The van der Waals surface area contributed by atoms with Gasteiger partial charge in [0.1, 0.15) is 13.2 Å². The smallest absolute Gasteiger partial charge is 0.306 e. The Labute approximate surface area is 395 Å². The minimum Gasteiger partial charge on any atom is -0.462 e. The van der Waals surface area contributed by atoms with Gasteiger partial charge in [-0.15, -0.1) is 0 Å². The molecule has 6 heteroatoms. The molecule has 0 rings (SSSR count). The van der Waals surface area contributed by atoms with Crippen molar-refractivity contribution in [2.75, 3.05) is 13.2 Å². The summed E-state index contributed by atoms with van der Waals surface area (Å²) in [4.78, 5) is 38.0. The zero-order valence-corrected chi connectivity index (χ0v) is 42.0. The lowest BCUT2D eigenvalue weighted by molar-refractivity contribution is -0.167. The van der Waals surface area contributed by atoms with E-state index in [-0.39, 0.29) is 31.1 Å². The van der Waals surface area contributed by atoms with Gasteiger partial charge in [-0.3, -0.25) is 14.4 Å². The molecule has 64 heavy (non-hydrogen) atoms. The van der Waals surface area contributed by atoms with Crippen LogP contribution in [-0.2, 0) is 28.6 Å². The van der Waals surface area contributed by atoms with Gasteiger partial charge in [-0.25, -0.2) is 0 Å². The Balaban J connectivity index is 4.41. The van der Waals surface area contributed by atoms with Crippen LogP contribution in [-0.4, -0.2) is 37.2 Å². The van der Waals surface area contributed by atoms with Gasteiger partial charge in [0, 0.05) is 19.3 Å². The lowest BCUT2D eigenvalue weighted by Gasteiger charge is -2.18. The predicted octanol–water partition coefficient (Wildman–Crippen LogP) is 17.8. The number of unbranched alkanes of at least 4 members (excludes halogenated alkanes) is 28. The summed E-state index contributed by atoms with van der Waals surface area (Å²) in [5.41, 5.74) is 0. The third-order valence-corrected chi connectivity index (χ3v) is 11.5. The molecule has 368 valence electrons. The van der Waals surface area contributed by atoms with Crippen molar-refractivity contribution >= 4 is 17.9 Å². The van der Waals surface area contributed by atoms with E-state index in [0.717, 1.165) is 83.5 Å². The Kier molecular flexibility index (Phi) is 49.9. The number of carbonyl (C=O) groups excluding carboxylic acids is 3. The number of allylic oxidation sites excluding steroid dienone is 12. The molecule has 0 saturated carbocycles. The van der Waals surface area contributed by atoms with E-state index in [2.05, 4.69) is 57.2 Å². The molecule has 0 saturated heterocycles. The quantitative estimate of drug-likeness (QED) is 0.0199. The molecule has 1 unspecified atom stereocenters. The highest BCUT2D eigenvalue weighted by molar-refractivity contribution is 5.71. The second-order valence-corrected chi connectivity index (χ2v) is 17.8. The van der Waals surface area contributed by atoms with Crippen LogP contribution in [0, 0.1) is 0 Å². The number of rotatable bonds is 48. The first-order valence-electron chi connectivity index (χ1n) is 27.0. The molecule has 0 bridgehead atoms. The number of hydrogen-bond donors (Lipinski definition) is 0. The molecule has 0 N–H and O–H groups in total. The number of ether oxygens (including phenoxy) is 3. The topological polar surface area (TPSA) is 78.9 Å². The van der Waals surface area contributed by atoms with Crippen LogP contribution >= 0.6 is 0 Å². The monoisotopic (exact) mass is 893 g/mol. The molecule has 0 aromatic heterocycles. The van der Waals surface area contributed by atoms with E-state index in [0.29, 0.717) is 19.3 Å². The molecular weight excluding hydrogens is 793 g/mol. The Bertz CT molecular complexity index is 1210. The molecule has 0 spiro atoms. The highest BCUT2D eigenvalue weighted by Crippen LogP contribution is 2.14. The van der Waals surface area contributed by atoms with Gasteiger partial charge in [-0.2, -0.15) is 0 Å². The highest BCUT2D eigenvalue weighted by atomic mass is 16.6. The summed E-state index contributed by atoms with van der Waals surface area (Å²) in [7, 11) is 0. The van der Waals surface area contributed by atoms with Crippen LogP contribution < -0.4 is 0 Å². The van der Waals surface area contributed by atoms with Gasteiger partial charge in [0.05, 0.1) is 0 Å². The average molecular weight is 893 g/mol. The van der Waals surface area contributed by atoms with Crippen molar-refractivity contribution < 1.29 is 28.6 Å². The third kappa shape index (κ3) is 49.9. The predicted molar refractivity (Wildman–Crippen MR) is 274 cm³/mol. The summed E-state index contributed by atoms with van der Waals surface area (Å²) in [5.74, 6) is -0.953. The largest absolute Gasteiger partial charge is 0.462 e. The van der Waals surface area contributed by atoms with E-state index >= 15 is 0 Å². The lowest BCUT2D eigenvalue weighted by atomic mass is 10.1. The minimum atomic E-state index is -0.800. The molecular formula is C58H100O6. The maximum atomic E-state index is 12.8. The molecule has 0 aliphatic heterocycles. The van der Waals surface area contributed by atoms with Gasteiger partial charge < -0.3 is 14.2 Å². The maximum Gasteiger partial charge on any atom is 0.306 e. The van der Waals surface area contributed by atoms with Crippen molar-refractivity contribution in [3.63, 3.8) is 0 Å². The van der Waals surface area contributed by atoms with Crippen LogP contribution in [0.5, 0.6) is 0 Å². The Morgan fingerprint density at radius 2 is 0.625 bits per heavy atom. The van der Waals surface area contributed by atoms with E-state index in [1.54, 1.807) is 0 Å². The standard InChI is InChI=1S/C58H100O6/c1-4-7-10-13-16-19-22-25-27-28-29-30-31-34-36-39-42-45-48-51-57(60)63-54-55(53-62-56(59)50-47-44-41-38-35-32-24-21-18-15-12-9-6-3)64-58(61)52-49-46-43-40-37-33-26-23-20-17-14-11-8-5-2/h9,12,15,18,21,24,28-29,32-33,35,37,55H,4-8,10-11,13-14,16-17,19-20,22-23,25-27,30-31,34,36,38-54H2,1-3H3/b12-9+,18-15+,24-21+,29-28+,35-32+,37-33+. The van der Waals surface area contributed by atoms with Crippen LogP contribution in [0.25, 0.3) is 0 Å². The zero-order chi connectivity index (χ0) is 46.5. The lowest BCUT2D eigenvalue weighted by Crippen LogP contribution is -2.30. The van der Waals surface area contributed by atoms with Gasteiger partial charge >= 0.3 is 17.9 Å². The van der Waals surface area contributed by atoms with E-state index < -0.39 is 6.10 Å². The number of hydrogen-bond acceptors (Lipinski definition) is 6. The Hall–Kier alpha value is -3.15. The Morgan fingerprint density at radius 1 is 0.328 bits per heavy atom. The minimum absolute atomic E-state index is 0.0963. The summed E-state index contributed by atoms with van der Waals surface area (Å²) in [6.07, 6.45) is 66.1. The van der Waals surface area contributed by atoms with Crippen LogP contribution in [0.15, 0.2) is 72.9 Å². The van der Waals surface area contributed by atoms with Crippen molar-refractivity contribution in [1.29, 1.82) is 0 Å². The SMILES string of the molecule is CC/C=C/C=C/C=C/C=C/CCCCCC(=O)OCC(COC(=O)CCCCCCCCC/C=C/CCCCCCCCCC)OC(=O)CCCCC/C=C/CCCCCCCCC. The van der Waals surface area contributed by atoms with Crippen molar-refractivity contribution in [1.82, 2.24) is 0 Å². The first-order chi connectivity index (χ1) is 31.5. The molecule has 0 heterocycles. The van der Waals surface area contributed by atoms with Crippen LogP contribution in [0.1, 0.15) is 258 Å². The van der Waals surface area contributed by atoms with Gasteiger partial charge in [-0.1, -0.05) is 222 Å². The third-order valence-electron chi connectivity index (χ3n) is 11.5. The van der Waals surface area contributed by atoms with Crippen molar-refractivity contribution in [2.24, 2.45) is 0 Å². The molecule has 0 aliphatic rings. The van der Waals surface area contributed by atoms with Crippen LogP contribution in [0.4, 0.5) is 0 Å². The van der Waals surface area contributed by atoms with Gasteiger partial charge in [0.25, 0.3) is 0 Å². The van der Waals surface area contributed by atoms with Gasteiger partial charge in [-0.05, 0) is 89.9 Å². The molecule has 6 nitrogen and oxygen atoms in total. The summed E-state index contributed by atoms with van der Waals surface area (Å²) >= 11 is 0. The highest BCUT2D eigenvalue weighted by Gasteiger charge is 2.19. The number of esters is 3. The van der Waals surface area contributed by atoms with E-state index in [4.69, 9.17) is 14.2 Å². The first kappa shape index (κ1) is 60.9. The molecule has 0 aliphatic carbocycles. The maximum absolute atomic E-state index is 12.8. The molecule has 0 radical (unpaired) electrons.